The number of fused-ring (bicyclic) bond motifs is 1. The zero-order valence-corrected chi connectivity index (χ0v) is 30.1. The first-order chi connectivity index (χ1) is 26.3. The molecule has 1 aromatic heterocycles. The van der Waals surface area contributed by atoms with Crippen LogP contribution < -0.4 is 0 Å². The van der Waals surface area contributed by atoms with Gasteiger partial charge < -0.3 is 23.5 Å². The first-order valence-electron chi connectivity index (χ1n) is 17.7. The van der Waals surface area contributed by atoms with Crippen LogP contribution in [0.25, 0.3) is 10.9 Å². The summed E-state index contributed by atoms with van der Waals surface area (Å²) in [5.74, 6) is -2.30. The van der Waals surface area contributed by atoms with Crippen LogP contribution in [0.3, 0.4) is 0 Å². The number of ether oxygens (including phenoxy) is 4. The Morgan fingerprint density at radius 1 is 0.685 bits per heavy atom. The molecule has 6 aromatic rings. The molecule has 7 rings (SSSR count). The second kappa shape index (κ2) is 16.5. The lowest BCUT2D eigenvalue weighted by Crippen LogP contribution is -2.58. The molecule has 0 bridgehead atoms. The monoisotopic (exact) mass is 745 g/mol. The molecule has 5 atom stereocenters. The lowest BCUT2D eigenvalue weighted by atomic mass is 9.98. The van der Waals surface area contributed by atoms with Crippen molar-refractivity contribution in [2.24, 2.45) is 0 Å². The summed E-state index contributed by atoms with van der Waals surface area (Å²) in [5.41, 5.74) is 4.32. The summed E-state index contributed by atoms with van der Waals surface area (Å²) in [7, 11) is 0. The fourth-order valence-corrected chi connectivity index (χ4v) is 6.94. The lowest BCUT2D eigenvalue weighted by molar-refractivity contribution is -0.234. The van der Waals surface area contributed by atoms with E-state index in [1.54, 1.807) is 95.6 Å². The average Bonchev–Trinajstić information content (AvgIpc) is 3.58. The summed E-state index contributed by atoms with van der Waals surface area (Å²) in [6.45, 7) is 1.57. The van der Waals surface area contributed by atoms with Crippen molar-refractivity contribution < 1.29 is 37.7 Å². The highest BCUT2D eigenvalue weighted by molar-refractivity contribution is 6.35. The van der Waals surface area contributed by atoms with Crippen molar-refractivity contribution >= 4 is 40.4 Å². The Kier molecular flexibility index (Phi) is 11.2. The van der Waals surface area contributed by atoms with E-state index < -0.39 is 55.2 Å². The minimum absolute atomic E-state index is 0.169. The van der Waals surface area contributed by atoms with E-state index >= 15 is 4.39 Å². The first-order valence-corrected chi connectivity index (χ1v) is 18.1. The largest absolute Gasteiger partial charge is 0.459 e. The van der Waals surface area contributed by atoms with Crippen LogP contribution in [-0.4, -0.2) is 53.6 Å². The number of carbonyl (C=O) groups excluding carboxylic acids is 3. The topological polar surface area (TPSA) is 93.1 Å². The molecular weight excluding hydrogens is 709 g/mol. The number of benzene rings is 5. The number of hydrogen-bond donors (Lipinski definition) is 0. The van der Waals surface area contributed by atoms with Crippen molar-refractivity contribution in [2.45, 2.75) is 50.5 Å². The highest BCUT2D eigenvalue weighted by Gasteiger charge is 2.52. The molecule has 54 heavy (non-hydrogen) atoms. The molecule has 1 aliphatic heterocycles. The number of alkyl halides is 1. The molecule has 1 aliphatic rings. The molecule has 1 saturated heterocycles. The Morgan fingerprint density at radius 2 is 1.22 bits per heavy atom. The van der Waals surface area contributed by atoms with Crippen LogP contribution in [0.1, 0.15) is 60.9 Å². The Balaban J connectivity index is 1.32. The van der Waals surface area contributed by atoms with Gasteiger partial charge in [-0.3, -0.25) is 0 Å². The van der Waals surface area contributed by atoms with E-state index in [1.165, 1.54) is 17.7 Å². The van der Waals surface area contributed by atoms with Gasteiger partial charge in [0.15, 0.2) is 24.6 Å². The van der Waals surface area contributed by atoms with Crippen molar-refractivity contribution in [3.63, 3.8) is 0 Å². The van der Waals surface area contributed by atoms with Crippen molar-refractivity contribution in [1.82, 2.24) is 4.57 Å². The average molecular weight is 746 g/mol. The number of hydrogen-bond acceptors (Lipinski definition) is 7. The minimum atomic E-state index is -2.09. The highest BCUT2D eigenvalue weighted by atomic mass is 35.5. The summed E-state index contributed by atoms with van der Waals surface area (Å²) in [6, 6.07) is 38.3. The molecule has 2 heterocycles. The van der Waals surface area contributed by atoms with E-state index in [9.17, 15) is 14.4 Å². The van der Waals surface area contributed by atoms with Crippen LogP contribution in [-0.2, 0) is 31.8 Å². The minimum Gasteiger partial charge on any atom is -0.459 e. The standard InChI is InChI=1S/C44H37ClFNO7/c1-2-28-21-23-29(24-22-28)25-33-26-47(35-20-12-19-34(45)37(33)35)41-40(54-44(50)32-17-10-5-11-18-32)39(53-43(49)31-15-8-4-9-16-31)38(46)36(52-41)27-51-42(48)30-13-6-3-7-14-30/h3-24,26,36,38-41H,2,25,27H2,1H3/t36-,38-,39+,40-,41-/m1/s1. The van der Waals surface area contributed by atoms with Crippen molar-refractivity contribution in [3.05, 3.63) is 178 Å². The maximum atomic E-state index is 17.0. The zero-order valence-electron chi connectivity index (χ0n) is 29.3. The quantitative estimate of drug-likeness (QED) is 0.0966. The predicted molar refractivity (Wildman–Crippen MR) is 202 cm³/mol. The van der Waals surface area contributed by atoms with Crippen LogP contribution in [0.5, 0.6) is 0 Å². The number of halogens is 2. The number of aryl methyl sites for hydroxylation is 1. The third kappa shape index (κ3) is 7.93. The highest BCUT2D eigenvalue weighted by Crippen LogP contribution is 2.40. The first kappa shape index (κ1) is 36.6. The van der Waals surface area contributed by atoms with E-state index in [2.05, 4.69) is 31.2 Å². The Labute approximate surface area is 317 Å². The fraction of sp³-hybridized carbons (Fsp3) is 0.205. The van der Waals surface area contributed by atoms with Crippen LogP contribution >= 0.6 is 11.6 Å². The second-order valence-corrected chi connectivity index (χ2v) is 13.4. The van der Waals surface area contributed by atoms with Crippen LogP contribution in [0.15, 0.2) is 140 Å². The van der Waals surface area contributed by atoms with E-state index in [0.29, 0.717) is 17.0 Å². The Hall–Kier alpha value is -5.77. The second-order valence-electron chi connectivity index (χ2n) is 13.0. The molecule has 0 saturated carbocycles. The summed E-state index contributed by atoms with van der Waals surface area (Å²) in [5, 5.41) is 1.20. The Bertz CT molecular complexity index is 2230. The summed E-state index contributed by atoms with van der Waals surface area (Å²) in [4.78, 5) is 40.3. The van der Waals surface area contributed by atoms with Gasteiger partial charge in [-0.05, 0) is 78.1 Å². The lowest BCUT2D eigenvalue weighted by Gasteiger charge is -2.43. The van der Waals surface area contributed by atoms with Gasteiger partial charge in [0.2, 0.25) is 0 Å². The molecule has 8 nitrogen and oxygen atoms in total. The molecule has 0 unspecified atom stereocenters. The van der Waals surface area contributed by atoms with Gasteiger partial charge in [-0.2, -0.15) is 0 Å². The number of carbonyl (C=O) groups is 3. The van der Waals surface area contributed by atoms with E-state index in [1.807, 2.05) is 12.3 Å². The SMILES string of the molecule is CCc1ccc(Cc2cn([C@@H]3O[C@H](COC(=O)c4ccccc4)[C@@H](F)[C@H](OC(=O)c4ccccc4)[C@H]3OC(=O)c3ccccc3)c3cccc(Cl)c23)cc1. The maximum absolute atomic E-state index is 17.0. The smallest absolute Gasteiger partial charge is 0.338 e. The molecule has 0 spiro atoms. The molecule has 0 N–H and O–H groups in total. The van der Waals surface area contributed by atoms with Gasteiger partial charge in [0.05, 0.1) is 27.2 Å². The molecule has 5 aromatic carbocycles. The van der Waals surface area contributed by atoms with Crippen molar-refractivity contribution in [2.75, 3.05) is 6.61 Å². The van der Waals surface area contributed by atoms with E-state index in [4.69, 9.17) is 30.5 Å². The molecule has 0 radical (unpaired) electrons. The van der Waals surface area contributed by atoms with Crippen LogP contribution in [0.4, 0.5) is 4.39 Å². The molecule has 274 valence electrons. The molecular formula is C44H37ClFNO7. The molecule has 0 amide bonds. The van der Waals surface area contributed by atoms with Gasteiger partial charge in [-0.1, -0.05) is 103 Å². The van der Waals surface area contributed by atoms with Gasteiger partial charge in [-0.15, -0.1) is 0 Å². The molecule has 10 heteroatoms. The number of rotatable bonds is 11. The van der Waals surface area contributed by atoms with Gasteiger partial charge in [0.1, 0.15) is 12.7 Å². The summed E-state index contributed by atoms with van der Waals surface area (Å²) < 4.78 is 42.7. The van der Waals surface area contributed by atoms with Crippen LogP contribution in [0, 0.1) is 0 Å². The predicted octanol–water partition coefficient (Wildman–Crippen LogP) is 8.99. The van der Waals surface area contributed by atoms with Crippen LogP contribution in [0.2, 0.25) is 5.02 Å². The third-order valence-electron chi connectivity index (χ3n) is 9.47. The molecule has 1 fully saturated rings. The van der Waals surface area contributed by atoms with E-state index in [-0.39, 0.29) is 16.7 Å². The Morgan fingerprint density at radius 3 is 1.80 bits per heavy atom. The normalized spacial score (nSPS) is 19.6. The van der Waals surface area contributed by atoms with Gasteiger partial charge in [-0.25, -0.2) is 18.8 Å². The van der Waals surface area contributed by atoms with Crippen molar-refractivity contribution in [3.8, 4) is 0 Å². The number of esters is 3. The third-order valence-corrected chi connectivity index (χ3v) is 9.78. The zero-order chi connectivity index (χ0) is 37.6. The number of nitrogens with zero attached hydrogens (tertiary/aromatic N) is 1. The van der Waals surface area contributed by atoms with Gasteiger partial charge >= 0.3 is 17.9 Å². The summed E-state index contributed by atoms with van der Waals surface area (Å²) in [6.07, 6.45) is -4.76. The fourth-order valence-electron chi connectivity index (χ4n) is 6.65. The number of aromatic nitrogens is 1. The van der Waals surface area contributed by atoms with Gasteiger partial charge in [0, 0.05) is 11.6 Å². The summed E-state index contributed by atoms with van der Waals surface area (Å²) >= 11 is 6.86. The molecule has 0 aliphatic carbocycles. The van der Waals surface area contributed by atoms with Gasteiger partial charge in [0.25, 0.3) is 0 Å². The van der Waals surface area contributed by atoms with Crippen molar-refractivity contribution in [1.29, 1.82) is 0 Å². The van der Waals surface area contributed by atoms with E-state index in [0.717, 1.165) is 22.9 Å². The maximum Gasteiger partial charge on any atom is 0.338 e.